The van der Waals surface area contributed by atoms with E-state index in [1.807, 2.05) is 47.9 Å². The summed E-state index contributed by atoms with van der Waals surface area (Å²) in [5.41, 5.74) is 6.60. The van der Waals surface area contributed by atoms with Crippen LogP contribution < -0.4 is 24.4 Å². The largest absolute Gasteiger partial charge is 0.497 e. The van der Waals surface area contributed by atoms with E-state index in [-0.39, 0.29) is 11.6 Å². The lowest BCUT2D eigenvalue weighted by Gasteiger charge is -2.30. The average molecular weight is 574 g/mol. The Morgan fingerprint density at radius 3 is 2.68 bits per heavy atom. The molecule has 0 N–H and O–H groups in total. The van der Waals surface area contributed by atoms with Gasteiger partial charge in [-0.05, 0) is 88.3 Å². The zero-order valence-electron chi connectivity index (χ0n) is 20.5. The molecule has 5 nitrogen and oxygen atoms in total. The van der Waals surface area contributed by atoms with Crippen molar-refractivity contribution >= 4 is 39.0 Å². The van der Waals surface area contributed by atoms with Gasteiger partial charge in [0.15, 0.2) is 4.80 Å². The first-order valence-corrected chi connectivity index (χ1v) is 13.9. The number of methoxy groups -OCH3 is 1. The van der Waals surface area contributed by atoms with Gasteiger partial charge in [0.2, 0.25) is 0 Å². The van der Waals surface area contributed by atoms with E-state index in [2.05, 4.69) is 52.3 Å². The van der Waals surface area contributed by atoms with E-state index in [1.54, 1.807) is 7.11 Å². The maximum Gasteiger partial charge on any atom is 0.271 e. The summed E-state index contributed by atoms with van der Waals surface area (Å²) in [6.45, 7) is 2.55. The Hall–Kier alpha value is -3.42. The van der Waals surface area contributed by atoms with E-state index in [4.69, 9.17) is 14.5 Å². The summed E-state index contributed by atoms with van der Waals surface area (Å²) in [5, 5.41) is 0. The van der Waals surface area contributed by atoms with E-state index in [9.17, 15) is 4.79 Å². The highest BCUT2D eigenvalue weighted by Crippen LogP contribution is 2.41. The Morgan fingerprint density at radius 2 is 1.92 bits per heavy atom. The molecule has 2 heterocycles. The topological polar surface area (TPSA) is 52.8 Å². The maximum absolute atomic E-state index is 13.9. The van der Waals surface area contributed by atoms with Crippen molar-refractivity contribution in [1.82, 2.24) is 4.57 Å². The molecule has 0 fully saturated rings. The molecule has 1 unspecified atom stereocenters. The summed E-state index contributed by atoms with van der Waals surface area (Å²) in [6, 6.07) is 22.2. The van der Waals surface area contributed by atoms with Crippen molar-refractivity contribution in [2.24, 2.45) is 4.99 Å². The lowest BCUT2D eigenvalue weighted by molar-refractivity contribution is 0.338. The van der Waals surface area contributed by atoms with Crippen molar-refractivity contribution in [3.05, 3.63) is 119 Å². The van der Waals surface area contributed by atoms with Crippen LogP contribution in [0.3, 0.4) is 0 Å². The molecule has 0 saturated carbocycles. The molecule has 2 aliphatic rings. The van der Waals surface area contributed by atoms with E-state index in [0.29, 0.717) is 11.1 Å². The summed E-state index contributed by atoms with van der Waals surface area (Å²) in [5.74, 6) is 1.58. The van der Waals surface area contributed by atoms with Crippen molar-refractivity contribution in [2.45, 2.75) is 25.8 Å². The number of thiazole rings is 1. The van der Waals surface area contributed by atoms with Gasteiger partial charge in [-0.25, -0.2) is 4.99 Å². The molecule has 0 spiro atoms. The SMILES string of the molecule is CCOc1ccc(C=c2sc3n(c2=O)C(c2ccc(OC)cc2)C2=C(N=3)c3ccccc3CC2)cc1Br. The van der Waals surface area contributed by atoms with Crippen LogP contribution >= 0.6 is 27.3 Å². The predicted octanol–water partition coefficient (Wildman–Crippen LogP) is 5.49. The Balaban J connectivity index is 1.55. The molecular formula is C30H25BrN2O3S. The first kappa shape index (κ1) is 23.9. The van der Waals surface area contributed by atoms with E-state index < -0.39 is 0 Å². The van der Waals surface area contributed by atoms with Gasteiger partial charge in [0.05, 0.1) is 34.5 Å². The van der Waals surface area contributed by atoms with Crippen LogP contribution in [0.25, 0.3) is 11.8 Å². The number of hydrogen-bond acceptors (Lipinski definition) is 5. The molecule has 0 amide bonds. The van der Waals surface area contributed by atoms with Gasteiger partial charge >= 0.3 is 0 Å². The Kier molecular flexibility index (Phi) is 6.34. The fourth-order valence-electron chi connectivity index (χ4n) is 5.14. The van der Waals surface area contributed by atoms with Crippen molar-refractivity contribution in [2.75, 3.05) is 13.7 Å². The van der Waals surface area contributed by atoms with Gasteiger partial charge in [-0.3, -0.25) is 9.36 Å². The first-order chi connectivity index (χ1) is 18.1. The van der Waals surface area contributed by atoms with E-state index >= 15 is 0 Å². The molecule has 7 heteroatoms. The zero-order valence-corrected chi connectivity index (χ0v) is 22.9. The summed E-state index contributed by atoms with van der Waals surface area (Å²) in [6.07, 6.45) is 3.73. The zero-order chi connectivity index (χ0) is 25.5. The van der Waals surface area contributed by atoms with Crippen molar-refractivity contribution in [3.8, 4) is 11.5 Å². The van der Waals surface area contributed by atoms with Gasteiger partial charge in [0.1, 0.15) is 11.5 Å². The fourth-order valence-corrected chi connectivity index (χ4v) is 6.65. The summed E-state index contributed by atoms with van der Waals surface area (Å²) < 4.78 is 14.4. The van der Waals surface area contributed by atoms with E-state index in [1.165, 1.54) is 22.5 Å². The predicted molar refractivity (Wildman–Crippen MR) is 151 cm³/mol. The molecule has 6 rings (SSSR count). The van der Waals surface area contributed by atoms with Crippen molar-refractivity contribution < 1.29 is 9.47 Å². The number of halogens is 1. The minimum absolute atomic E-state index is 0.0278. The number of rotatable bonds is 5. The van der Waals surface area contributed by atoms with Gasteiger partial charge < -0.3 is 9.47 Å². The summed E-state index contributed by atoms with van der Waals surface area (Å²) >= 11 is 5.02. The summed E-state index contributed by atoms with van der Waals surface area (Å²) in [4.78, 5) is 19.7. The van der Waals surface area contributed by atoms with Gasteiger partial charge in [-0.15, -0.1) is 0 Å². The molecule has 1 atom stereocenters. The quantitative estimate of drug-likeness (QED) is 0.318. The molecule has 37 heavy (non-hydrogen) atoms. The van der Waals surface area contributed by atoms with Gasteiger partial charge in [-0.1, -0.05) is 53.8 Å². The van der Waals surface area contributed by atoms with Crippen LogP contribution in [0.2, 0.25) is 0 Å². The van der Waals surface area contributed by atoms with Crippen LogP contribution in [0.15, 0.2) is 86.6 Å². The van der Waals surface area contributed by atoms with Crippen LogP contribution in [0.5, 0.6) is 11.5 Å². The normalized spacial score (nSPS) is 16.5. The summed E-state index contributed by atoms with van der Waals surface area (Å²) in [7, 11) is 1.66. The molecule has 0 saturated heterocycles. The molecular weight excluding hydrogens is 548 g/mol. The van der Waals surface area contributed by atoms with Gasteiger partial charge in [-0.2, -0.15) is 0 Å². The van der Waals surface area contributed by atoms with Crippen LogP contribution in [0, 0.1) is 0 Å². The van der Waals surface area contributed by atoms with Crippen molar-refractivity contribution in [1.29, 1.82) is 0 Å². The third-order valence-electron chi connectivity index (χ3n) is 6.86. The second-order valence-electron chi connectivity index (χ2n) is 9.01. The molecule has 1 aliphatic heterocycles. The highest BCUT2D eigenvalue weighted by molar-refractivity contribution is 9.10. The van der Waals surface area contributed by atoms with Crippen LogP contribution in [-0.2, 0) is 6.42 Å². The third kappa shape index (κ3) is 4.26. The number of allylic oxidation sites excluding steroid dienone is 1. The monoisotopic (exact) mass is 572 g/mol. The molecule has 186 valence electrons. The lowest BCUT2D eigenvalue weighted by atomic mass is 9.83. The average Bonchev–Trinajstić information content (AvgIpc) is 3.23. The number of ether oxygens (including phenoxy) is 2. The molecule has 0 bridgehead atoms. The second-order valence-corrected chi connectivity index (χ2v) is 10.9. The maximum atomic E-state index is 13.9. The van der Waals surface area contributed by atoms with Gasteiger partial charge in [0, 0.05) is 5.56 Å². The fraction of sp³-hybridized carbons (Fsp3) is 0.200. The third-order valence-corrected chi connectivity index (χ3v) is 8.46. The highest BCUT2D eigenvalue weighted by atomic mass is 79.9. The number of benzene rings is 3. The molecule has 4 aromatic rings. The molecule has 1 aliphatic carbocycles. The molecule has 3 aromatic carbocycles. The number of nitrogens with zero attached hydrogens (tertiary/aromatic N) is 2. The Morgan fingerprint density at radius 1 is 1.11 bits per heavy atom. The number of hydrogen-bond donors (Lipinski definition) is 0. The highest BCUT2D eigenvalue weighted by Gasteiger charge is 2.32. The number of aryl methyl sites for hydroxylation is 1. The van der Waals surface area contributed by atoms with Crippen LogP contribution in [-0.4, -0.2) is 18.3 Å². The Bertz CT molecular complexity index is 1720. The second kappa shape index (κ2) is 9.80. The minimum atomic E-state index is -0.209. The molecule has 1 aromatic heterocycles. The lowest BCUT2D eigenvalue weighted by Crippen LogP contribution is -2.38. The van der Waals surface area contributed by atoms with Gasteiger partial charge in [0.25, 0.3) is 5.56 Å². The smallest absolute Gasteiger partial charge is 0.271 e. The van der Waals surface area contributed by atoms with Crippen molar-refractivity contribution in [3.63, 3.8) is 0 Å². The van der Waals surface area contributed by atoms with Crippen LogP contribution in [0.4, 0.5) is 0 Å². The van der Waals surface area contributed by atoms with Crippen LogP contribution in [0.1, 0.15) is 41.6 Å². The first-order valence-electron chi connectivity index (χ1n) is 12.3. The Labute approximate surface area is 227 Å². The standard InChI is InChI=1S/C30H25BrN2O3S/c1-3-36-25-15-8-18(16-24(25)31)17-26-29(34)33-28(20-9-12-21(35-2)13-10-20)23-14-11-19-6-4-5-7-22(19)27(23)32-30(33)37-26/h4-10,12-13,15-17,28H,3,11,14H2,1-2H3. The molecule has 0 radical (unpaired) electrons. The minimum Gasteiger partial charge on any atom is -0.497 e. The number of aromatic nitrogens is 1. The number of fused-ring (bicyclic) bond motifs is 3. The van der Waals surface area contributed by atoms with E-state index in [0.717, 1.165) is 56.0 Å².